The van der Waals surface area contributed by atoms with Crippen molar-refractivity contribution in [3.63, 3.8) is 0 Å². The molecule has 0 radical (unpaired) electrons. The number of aliphatic hydroxyl groups is 1. The van der Waals surface area contributed by atoms with Crippen LogP contribution in [0.3, 0.4) is 0 Å². The molecule has 0 bridgehead atoms. The van der Waals surface area contributed by atoms with Crippen molar-refractivity contribution in [2.24, 2.45) is 7.05 Å². The Kier molecular flexibility index (Phi) is 6.95. The number of hydrogen-bond donors (Lipinski definition) is 1. The molecule has 0 saturated carbocycles. The first-order valence-corrected chi connectivity index (χ1v) is 11.1. The summed E-state index contributed by atoms with van der Waals surface area (Å²) in [5, 5.41) is 11.9. The molecule has 0 aliphatic carbocycles. The Morgan fingerprint density at radius 1 is 1.06 bits per heavy atom. The molecule has 1 N–H and O–H groups in total. The number of likely N-dealkylation sites (tertiary alicyclic amines) is 1. The number of aromatic nitrogens is 1. The summed E-state index contributed by atoms with van der Waals surface area (Å²) in [5.74, 6) is 1.90. The molecule has 1 atom stereocenters. The molecule has 4 rings (SSSR count). The smallest absolute Gasteiger partial charge is 0.161 e. The SMILES string of the molecule is C=CCOc1ccccc1OCC(O)CN1CCC(c2cn(C)c3ccccc23)CC1. The fraction of sp³-hybridized carbons (Fsp3) is 0.385. The van der Waals surface area contributed by atoms with Crippen molar-refractivity contribution >= 4 is 10.9 Å². The predicted molar refractivity (Wildman–Crippen MR) is 125 cm³/mol. The summed E-state index contributed by atoms with van der Waals surface area (Å²) in [6.45, 7) is 6.95. The van der Waals surface area contributed by atoms with E-state index in [0.29, 0.717) is 30.6 Å². The first-order chi connectivity index (χ1) is 15.2. The van der Waals surface area contributed by atoms with Gasteiger partial charge in [0.05, 0.1) is 0 Å². The highest BCUT2D eigenvalue weighted by atomic mass is 16.5. The standard InChI is InChI=1S/C26H32N2O3/c1-3-16-30-25-10-6-7-11-26(25)31-19-21(29)17-28-14-12-20(13-15-28)23-18-27(2)24-9-5-4-8-22(23)24/h3-11,18,20-21,29H,1,12-17,19H2,2H3. The third kappa shape index (κ3) is 5.12. The molecule has 1 aromatic heterocycles. The van der Waals surface area contributed by atoms with Crippen molar-refractivity contribution in [1.82, 2.24) is 9.47 Å². The van der Waals surface area contributed by atoms with E-state index in [1.807, 2.05) is 24.3 Å². The number of β-amino-alcohol motifs (C(OH)–C–C–N with tert-alkyl or cyclic N) is 1. The van der Waals surface area contributed by atoms with Gasteiger partial charge in [-0.3, -0.25) is 0 Å². The zero-order chi connectivity index (χ0) is 21.6. The van der Waals surface area contributed by atoms with E-state index < -0.39 is 6.10 Å². The molecule has 5 heteroatoms. The number of para-hydroxylation sites is 3. The second kappa shape index (κ2) is 10.0. The van der Waals surface area contributed by atoms with E-state index >= 15 is 0 Å². The molecule has 2 aromatic carbocycles. The van der Waals surface area contributed by atoms with Crippen LogP contribution in [0.15, 0.2) is 67.4 Å². The van der Waals surface area contributed by atoms with E-state index in [9.17, 15) is 5.11 Å². The van der Waals surface area contributed by atoms with Crippen LogP contribution in [0.4, 0.5) is 0 Å². The molecule has 1 aliphatic rings. The van der Waals surface area contributed by atoms with Gasteiger partial charge < -0.3 is 24.0 Å². The predicted octanol–water partition coefficient (Wildman–Crippen LogP) is 4.36. The number of aliphatic hydroxyl groups excluding tert-OH is 1. The summed E-state index contributed by atoms with van der Waals surface area (Å²) in [5.41, 5.74) is 2.75. The average molecular weight is 421 g/mol. The topological polar surface area (TPSA) is 46.9 Å². The van der Waals surface area contributed by atoms with Gasteiger partial charge in [0, 0.05) is 30.7 Å². The summed E-state index contributed by atoms with van der Waals surface area (Å²) in [6, 6.07) is 16.2. The Balaban J connectivity index is 1.28. The van der Waals surface area contributed by atoms with E-state index in [4.69, 9.17) is 9.47 Å². The van der Waals surface area contributed by atoms with Crippen molar-refractivity contribution in [1.29, 1.82) is 0 Å². The Morgan fingerprint density at radius 2 is 1.74 bits per heavy atom. The van der Waals surface area contributed by atoms with E-state index in [1.165, 1.54) is 16.5 Å². The van der Waals surface area contributed by atoms with Crippen LogP contribution < -0.4 is 9.47 Å². The number of ether oxygens (including phenoxy) is 2. The molecule has 1 aliphatic heterocycles. The molecular formula is C26H32N2O3. The lowest BCUT2D eigenvalue weighted by Gasteiger charge is -2.33. The summed E-state index contributed by atoms with van der Waals surface area (Å²) in [6.07, 6.45) is 5.67. The van der Waals surface area contributed by atoms with Crippen molar-refractivity contribution < 1.29 is 14.6 Å². The number of aryl methyl sites for hydroxylation is 1. The van der Waals surface area contributed by atoms with Crippen LogP contribution in [0.1, 0.15) is 24.3 Å². The number of fused-ring (bicyclic) bond motifs is 1. The Bertz CT molecular complexity index is 1000. The molecule has 1 unspecified atom stereocenters. The van der Waals surface area contributed by atoms with Crippen molar-refractivity contribution in [3.05, 3.63) is 72.9 Å². The van der Waals surface area contributed by atoms with Gasteiger partial charge in [-0.2, -0.15) is 0 Å². The average Bonchev–Trinajstić information content (AvgIpc) is 3.14. The first kappa shape index (κ1) is 21.5. The highest BCUT2D eigenvalue weighted by Crippen LogP contribution is 2.34. The highest BCUT2D eigenvalue weighted by molar-refractivity contribution is 5.84. The van der Waals surface area contributed by atoms with Crippen LogP contribution in [0.5, 0.6) is 11.5 Å². The molecule has 2 heterocycles. The lowest BCUT2D eigenvalue weighted by Crippen LogP contribution is -2.40. The van der Waals surface area contributed by atoms with Crippen molar-refractivity contribution in [3.8, 4) is 11.5 Å². The number of piperidine rings is 1. The third-order valence-corrected chi connectivity index (χ3v) is 6.06. The van der Waals surface area contributed by atoms with Gasteiger partial charge in [-0.15, -0.1) is 0 Å². The van der Waals surface area contributed by atoms with Gasteiger partial charge in [-0.05, 0) is 55.6 Å². The number of benzene rings is 2. The first-order valence-electron chi connectivity index (χ1n) is 11.1. The van der Waals surface area contributed by atoms with Crippen LogP contribution >= 0.6 is 0 Å². The van der Waals surface area contributed by atoms with Crippen LogP contribution in [0.25, 0.3) is 10.9 Å². The molecule has 0 amide bonds. The highest BCUT2D eigenvalue weighted by Gasteiger charge is 2.24. The van der Waals surface area contributed by atoms with E-state index in [1.54, 1.807) is 6.08 Å². The quantitative estimate of drug-likeness (QED) is 0.523. The number of hydrogen-bond acceptors (Lipinski definition) is 4. The maximum Gasteiger partial charge on any atom is 0.161 e. The second-order valence-electron chi connectivity index (χ2n) is 8.30. The largest absolute Gasteiger partial charge is 0.487 e. The Morgan fingerprint density at radius 3 is 2.48 bits per heavy atom. The number of rotatable bonds is 9. The van der Waals surface area contributed by atoms with Gasteiger partial charge >= 0.3 is 0 Å². The zero-order valence-corrected chi connectivity index (χ0v) is 18.2. The van der Waals surface area contributed by atoms with Gasteiger partial charge in [-0.25, -0.2) is 0 Å². The summed E-state index contributed by atoms with van der Waals surface area (Å²) in [4.78, 5) is 2.34. The molecule has 1 fully saturated rings. The van der Waals surface area contributed by atoms with Crippen LogP contribution in [0, 0.1) is 0 Å². The van der Waals surface area contributed by atoms with Crippen LogP contribution in [0.2, 0.25) is 0 Å². The van der Waals surface area contributed by atoms with Crippen LogP contribution in [-0.4, -0.2) is 53.5 Å². The Hall–Kier alpha value is -2.76. The van der Waals surface area contributed by atoms with Crippen molar-refractivity contribution in [2.75, 3.05) is 32.8 Å². The molecular weight excluding hydrogens is 388 g/mol. The van der Waals surface area contributed by atoms with Gasteiger partial charge in [0.25, 0.3) is 0 Å². The lowest BCUT2D eigenvalue weighted by molar-refractivity contribution is 0.0585. The van der Waals surface area contributed by atoms with Crippen molar-refractivity contribution in [2.45, 2.75) is 24.9 Å². The minimum Gasteiger partial charge on any atom is -0.487 e. The van der Waals surface area contributed by atoms with Gasteiger partial charge in [-0.1, -0.05) is 43.0 Å². The fourth-order valence-electron chi connectivity index (χ4n) is 4.50. The molecule has 5 nitrogen and oxygen atoms in total. The van der Waals surface area contributed by atoms with E-state index in [2.05, 4.69) is 53.6 Å². The molecule has 164 valence electrons. The van der Waals surface area contributed by atoms with E-state index in [-0.39, 0.29) is 6.61 Å². The molecule has 3 aromatic rings. The number of nitrogens with zero attached hydrogens (tertiary/aromatic N) is 2. The molecule has 0 spiro atoms. The molecule has 31 heavy (non-hydrogen) atoms. The maximum atomic E-state index is 10.5. The summed E-state index contributed by atoms with van der Waals surface area (Å²) >= 11 is 0. The molecule has 1 saturated heterocycles. The maximum absolute atomic E-state index is 10.5. The minimum absolute atomic E-state index is 0.248. The van der Waals surface area contributed by atoms with E-state index in [0.717, 1.165) is 25.9 Å². The zero-order valence-electron chi connectivity index (χ0n) is 18.2. The van der Waals surface area contributed by atoms with Gasteiger partial charge in [0.2, 0.25) is 0 Å². The minimum atomic E-state index is -0.540. The fourth-order valence-corrected chi connectivity index (χ4v) is 4.50. The summed E-state index contributed by atoms with van der Waals surface area (Å²) in [7, 11) is 2.12. The normalized spacial score (nSPS) is 16.3. The summed E-state index contributed by atoms with van der Waals surface area (Å²) < 4.78 is 13.7. The van der Waals surface area contributed by atoms with Gasteiger partial charge in [0.15, 0.2) is 11.5 Å². The van der Waals surface area contributed by atoms with Crippen LogP contribution in [-0.2, 0) is 7.05 Å². The third-order valence-electron chi connectivity index (χ3n) is 6.06. The second-order valence-corrected chi connectivity index (χ2v) is 8.30. The Labute approximate surface area is 184 Å². The lowest BCUT2D eigenvalue weighted by atomic mass is 9.89. The van der Waals surface area contributed by atoms with Gasteiger partial charge in [0.1, 0.15) is 19.3 Å². The monoisotopic (exact) mass is 420 g/mol.